The van der Waals surface area contributed by atoms with Crippen LogP contribution in [-0.4, -0.2) is 13.1 Å². The van der Waals surface area contributed by atoms with E-state index in [2.05, 4.69) is 11.4 Å². The first-order valence-corrected chi connectivity index (χ1v) is 6.09. The van der Waals surface area contributed by atoms with E-state index in [0.717, 1.165) is 11.4 Å². The average molecular weight is 244 g/mol. The molecule has 1 saturated carbocycles. The van der Waals surface area contributed by atoms with Gasteiger partial charge in [0.05, 0.1) is 10.0 Å². The van der Waals surface area contributed by atoms with Crippen LogP contribution in [0.25, 0.3) is 0 Å². The van der Waals surface area contributed by atoms with Crippen molar-refractivity contribution in [2.75, 3.05) is 7.05 Å². The molecule has 0 spiro atoms. The standard InChI is InChI=1S/C12H15Cl2N/c1-15-9-6-5-8(7-9)10-3-2-4-11(13)12(10)14/h2-4,8-9,15H,5-7H2,1H3. The molecule has 1 N–H and O–H groups in total. The molecule has 2 unspecified atom stereocenters. The molecular weight excluding hydrogens is 229 g/mol. The van der Waals surface area contributed by atoms with E-state index < -0.39 is 0 Å². The second-order valence-corrected chi connectivity index (χ2v) is 4.92. The first kappa shape index (κ1) is 11.3. The van der Waals surface area contributed by atoms with Crippen molar-refractivity contribution in [1.82, 2.24) is 5.32 Å². The van der Waals surface area contributed by atoms with Crippen LogP contribution in [0.1, 0.15) is 30.7 Å². The van der Waals surface area contributed by atoms with Gasteiger partial charge in [-0.2, -0.15) is 0 Å². The van der Waals surface area contributed by atoms with Gasteiger partial charge < -0.3 is 5.32 Å². The zero-order chi connectivity index (χ0) is 10.8. The Hall–Kier alpha value is -0.240. The van der Waals surface area contributed by atoms with Crippen molar-refractivity contribution in [2.24, 2.45) is 0 Å². The molecule has 2 rings (SSSR count). The van der Waals surface area contributed by atoms with Gasteiger partial charge in [0.1, 0.15) is 0 Å². The molecule has 1 fully saturated rings. The third kappa shape index (κ3) is 2.30. The second-order valence-electron chi connectivity index (χ2n) is 4.14. The highest BCUT2D eigenvalue weighted by molar-refractivity contribution is 6.42. The molecular formula is C12H15Cl2N. The molecule has 0 bridgehead atoms. The fraction of sp³-hybridized carbons (Fsp3) is 0.500. The van der Waals surface area contributed by atoms with E-state index in [4.69, 9.17) is 23.2 Å². The summed E-state index contributed by atoms with van der Waals surface area (Å²) in [5.74, 6) is 0.564. The van der Waals surface area contributed by atoms with Gasteiger partial charge in [0.15, 0.2) is 0 Å². The Morgan fingerprint density at radius 3 is 2.73 bits per heavy atom. The van der Waals surface area contributed by atoms with Gasteiger partial charge in [0, 0.05) is 6.04 Å². The highest BCUT2D eigenvalue weighted by Crippen LogP contribution is 2.39. The van der Waals surface area contributed by atoms with E-state index >= 15 is 0 Å². The van der Waals surface area contributed by atoms with Gasteiger partial charge >= 0.3 is 0 Å². The molecule has 0 heterocycles. The molecule has 1 aliphatic carbocycles. The van der Waals surface area contributed by atoms with Crippen LogP contribution in [0, 0.1) is 0 Å². The minimum atomic E-state index is 0.564. The number of hydrogen-bond donors (Lipinski definition) is 1. The predicted octanol–water partition coefficient (Wildman–Crippen LogP) is 3.85. The van der Waals surface area contributed by atoms with E-state index in [-0.39, 0.29) is 0 Å². The number of benzene rings is 1. The number of nitrogens with one attached hydrogen (secondary N) is 1. The second kappa shape index (κ2) is 4.73. The highest BCUT2D eigenvalue weighted by Gasteiger charge is 2.26. The molecule has 15 heavy (non-hydrogen) atoms. The lowest BCUT2D eigenvalue weighted by atomic mass is 9.97. The van der Waals surface area contributed by atoms with Gasteiger partial charge in [0.25, 0.3) is 0 Å². The van der Waals surface area contributed by atoms with Crippen LogP contribution in [-0.2, 0) is 0 Å². The summed E-state index contributed by atoms with van der Waals surface area (Å²) in [6, 6.07) is 6.55. The van der Waals surface area contributed by atoms with Crippen molar-refractivity contribution in [3.8, 4) is 0 Å². The molecule has 1 aromatic rings. The lowest BCUT2D eigenvalue weighted by Gasteiger charge is -2.13. The molecule has 2 atom stereocenters. The normalized spacial score (nSPS) is 25.8. The first-order valence-electron chi connectivity index (χ1n) is 5.33. The Morgan fingerprint density at radius 1 is 1.27 bits per heavy atom. The van der Waals surface area contributed by atoms with E-state index in [9.17, 15) is 0 Å². The largest absolute Gasteiger partial charge is 0.317 e. The summed E-state index contributed by atoms with van der Waals surface area (Å²) in [6.45, 7) is 0. The summed E-state index contributed by atoms with van der Waals surface area (Å²) in [6.07, 6.45) is 3.59. The summed E-state index contributed by atoms with van der Waals surface area (Å²) in [4.78, 5) is 0. The van der Waals surface area contributed by atoms with Crippen LogP contribution in [0.15, 0.2) is 18.2 Å². The van der Waals surface area contributed by atoms with E-state index in [1.165, 1.54) is 18.4 Å². The molecule has 0 amide bonds. The Labute approximate surface area is 101 Å². The topological polar surface area (TPSA) is 12.0 Å². The molecule has 1 nitrogen and oxygen atoms in total. The maximum absolute atomic E-state index is 6.21. The molecule has 1 aliphatic rings. The summed E-state index contributed by atoms with van der Waals surface area (Å²) in [5.41, 5.74) is 1.21. The third-order valence-electron chi connectivity index (χ3n) is 3.26. The van der Waals surface area contributed by atoms with Crippen LogP contribution >= 0.6 is 23.2 Å². The van der Waals surface area contributed by atoms with E-state index in [1.54, 1.807) is 0 Å². The van der Waals surface area contributed by atoms with E-state index in [1.807, 2.05) is 19.2 Å². The van der Waals surface area contributed by atoms with Crippen LogP contribution in [0.2, 0.25) is 10.0 Å². The van der Waals surface area contributed by atoms with Gasteiger partial charge in [-0.25, -0.2) is 0 Å². The molecule has 1 aromatic carbocycles. The lowest BCUT2D eigenvalue weighted by molar-refractivity contribution is 0.572. The van der Waals surface area contributed by atoms with Crippen LogP contribution in [0.5, 0.6) is 0 Å². The third-order valence-corrected chi connectivity index (χ3v) is 4.10. The maximum Gasteiger partial charge on any atom is 0.0627 e. The quantitative estimate of drug-likeness (QED) is 0.833. The monoisotopic (exact) mass is 243 g/mol. The highest BCUT2D eigenvalue weighted by atomic mass is 35.5. The Kier molecular flexibility index (Phi) is 3.55. The fourth-order valence-electron chi connectivity index (χ4n) is 2.36. The van der Waals surface area contributed by atoms with Crippen molar-refractivity contribution < 1.29 is 0 Å². The molecule has 0 radical (unpaired) electrons. The SMILES string of the molecule is CNC1CCC(c2cccc(Cl)c2Cl)C1. The van der Waals surface area contributed by atoms with Gasteiger partial charge in [-0.1, -0.05) is 35.3 Å². The summed E-state index contributed by atoms with van der Waals surface area (Å²) in [5, 5.41) is 4.73. The minimum Gasteiger partial charge on any atom is -0.317 e. The van der Waals surface area contributed by atoms with Gasteiger partial charge in [0.2, 0.25) is 0 Å². The maximum atomic E-state index is 6.21. The number of halogens is 2. The van der Waals surface area contributed by atoms with Crippen molar-refractivity contribution in [2.45, 2.75) is 31.2 Å². The Bertz CT molecular complexity index is 351. The zero-order valence-electron chi connectivity index (χ0n) is 8.76. The predicted molar refractivity (Wildman–Crippen MR) is 65.9 cm³/mol. The van der Waals surface area contributed by atoms with Crippen LogP contribution < -0.4 is 5.32 Å². The summed E-state index contributed by atoms with van der Waals surface area (Å²) < 4.78 is 0. The van der Waals surface area contributed by atoms with Crippen molar-refractivity contribution in [1.29, 1.82) is 0 Å². The fourth-order valence-corrected chi connectivity index (χ4v) is 2.82. The van der Waals surface area contributed by atoms with Crippen molar-refractivity contribution in [3.05, 3.63) is 33.8 Å². The molecule has 3 heteroatoms. The van der Waals surface area contributed by atoms with Gasteiger partial charge in [-0.3, -0.25) is 0 Å². The molecule has 0 aromatic heterocycles. The van der Waals surface area contributed by atoms with Gasteiger partial charge in [-0.15, -0.1) is 0 Å². The number of rotatable bonds is 2. The summed E-state index contributed by atoms with van der Waals surface area (Å²) in [7, 11) is 2.02. The average Bonchev–Trinajstić information content (AvgIpc) is 2.70. The smallest absolute Gasteiger partial charge is 0.0627 e. The van der Waals surface area contributed by atoms with Crippen molar-refractivity contribution in [3.63, 3.8) is 0 Å². The first-order chi connectivity index (χ1) is 7.22. The molecule has 0 aliphatic heterocycles. The molecule has 0 saturated heterocycles. The van der Waals surface area contributed by atoms with E-state index in [0.29, 0.717) is 17.0 Å². The number of hydrogen-bond acceptors (Lipinski definition) is 1. The zero-order valence-corrected chi connectivity index (χ0v) is 10.3. The minimum absolute atomic E-state index is 0.564. The van der Waals surface area contributed by atoms with Crippen molar-refractivity contribution >= 4 is 23.2 Å². The Morgan fingerprint density at radius 2 is 2.07 bits per heavy atom. The lowest BCUT2D eigenvalue weighted by Crippen LogP contribution is -2.21. The van der Waals surface area contributed by atoms with Gasteiger partial charge in [-0.05, 0) is 43.9 Å². The van der Waals surface area contributed by atoms with Crippen LogP contribution in [0.3, 0.4) is 0 Å². The Balaban J connectivity index is 2.20. The summed E-state index contributed by atoms with van der Waals surface area (Å²) >= 11 is 12.2. The molecule has 82 valence electrons. The van der Waals surface area contributed by atoms with Crippen LogP contribution in [0.4, 0.5) is 0 Å².